The first-order valence-corrected chi connectivity index (χ1v) is 3.38. The Kier molecular flexibility index (Phi) is 25.0. The average molecular weight is 166 g/mol. The van der Waals surface area contributed by atoms with Gasteiger partial charge >= 0.3 is 56.8 Å². The van der Waals surface area contributed by atoms with Gasteiger partial charge in [-0.25, -0.2) is 0 Å². The molecule has 0 aliphatic heterocycles. The van der Waals surface area contributed by atoms with E-state index in [9.17, 15) is 0 Å². The first kappa shape index (κ1) is 15.7. The van der Waals surface area contributed by atoms with Gasteiger partial charge in [-0.2, -0.15) is 0 Å². The van der Waals surface area contributed by atoms with Crippen molar-refractivity contribution in [2.45, 2.75) is 7.43 Å². The van der Waals surface area contributed by atoms with Crippen molar-refractivity contribution in [1.82, 2.24) is 0 Å². The van der Waals surface area contributed by atoms with Crippen molar-refractivity contribution < 1.29 is 42.9 Å². The fourth-order valence-corrected chi connectivity index (χ4v) is 0. The minimum absolute atomic E-state index is 0. The number of hydrogen-bond acceptors (Lipinski definition) is 1. The average Bonchev–Trinajstić information content (AvgIpc) is 0.811. The van der Waals surface area contributed by atoms with Gasteiger partial charge in [-0.1, -0.05) is 7.43 Å². The molecule has 0 aromatic rings. The first-order valence-electron chi connectivity index (χ1n) is 0.651. The molecule has 0 unspecified atom stereocenters. The molecule has 0 fully saturated rings. The van der Waals surface area contributed by atoms with Crippen molar-refractivity contribution in [2.75, 3.05) is 0 Å². The van der Waals surface area contributed by atoms with E-state index in [1.165, 1.54) is 0 Å². The summed E-state index contributed by atoms with van der Waals surface area (Å²) in [7, 11) is 0. The molecule has 5 heteroatoms. The van der Waals surface area contributed by atoms with Crippen LogP contribution in [0.5, 0.6) is 0 Å². The smallest absolute Gasteiger partial charge is 1.00 e. The molecule has 0 saturated heterocycles. The fraction of sp³-hybridized carbons (Fsp3) is 1.00. The minimum atomic E-state index is -3.58. The van der Waals surface area contributed by atoms with E-state index in [0.717, 1.165) is 0 Å². The summed E-state index contributed by atoms with van der Waals surface area (Å²) in [5.74, 6) is 0. The van der Waals surface area contributed by atoms with E-state index in [2.05, 4.69) is 0 Å². The first-order chi connectivity index (χ1) is 1.73. The normalized spacial score (nSPS) is 5.83. The molecule has 0 rings (SSSR count). The molecule has 3 nitrogen and oxygen atoms in total. The zero-order valence-electron chi connectivity index (χ0n) is 3.80. The van der Waals surface area contributed by atoms with Crippen LogP contribution >= 0.6 is 0 Å². The third kappa shape index (κ3) is 59.1. The molecule has 0 spiro atoms. The summed E-state index contributed by atoms with van der Waals surface area (Å²) in [6.07, 6.45) is 0. The van der Waals surface area contributed by atoms with Crippen molar-refractivity contribution in [2.24, 2.45) is 0 Å². The Morgan fingerprint density at radius 2 is 1.50 bits per heavy atom. The molecule has 0 atom stereocenters. The maximum absolute atomic E-state index is 8.81. The third-order valence-electron chi connectivity index (χ3n) is 0. The van der Waals surface area contributed by atoms with Crippen molar-refractivity contribution in [1.29, 1.82) is 0 Å². The molecule has 0 aliphatic carbocycles. The third-order valence-corrected chi connectivity index (χ3v) is 0. The van der Waals surface area contributed by atoms with Crippen LogP contribution in [0, 0.1) is 0 Å². The molecule has 36 valence electrons. The van der Waals surface area contributed by atoms with Gasteiger partial charge in [0, 0.05) is 0 Å². The number of hydrogen-bond donors (Lipinski definition) is 2. The van der Waals surface area contributed by atoms with Gasteiger partial charge in [0.05, 0.1) is 0 Å². The van der Waals surface area contributed by atoms with Crippen molar-refractivity contribution in [3.8, 4) is 0 Å². The molecule has 0 bridgehead atoms. The van der Waals surface area contributed by atoms with Crippen molar-refractivity contribution in [3.05, 3.63) is 0 Å². The standard InChI is InChI=1S/CH4.AsH3O3.Na.H/c;2-1(3)4;;/h1H4;1H,(H2,2,3,4);;/q;;+1;-1. The zero-order chi connectivity index (χ0) is 3.58. The quantitative estimate of drug-likeness (QED) is 0.359. The largest absolute Gasteiger partial charge is 1.00 e. The topological polar surface area (TPSA) is 57.5 Å². The Morgan fingerprint density at radius 1 is 1.50 bits per heavy atom. The molecule has 2 N–H and O–H groups in total. The van der Waals surface area contributed by atoms with Gasteiger partial charge in [0.25, 0.3) is 0 Å². The molecule has 0 heterocycles. The predicted octanol–water partition coefficient (Wildman–Crippen LogP) is -4.13. The van der Waals surface area contributed by atoms with E-state index in [4.69, 9.17) is 11.9 Å². The molecule has 0 aromatic carbocycles. The maximum atomic E-state index is 8.81. The van der Waals surface area contributed by atoms with Crippen molar-refractivity contribution in [3.63, 3.8) is 0 Å². The van der Waals surface area contributed by atoms with Gasteiger partial charge < -0.3 is 1.43 Å². The molecule has 0 aromatic heterocycles. The van der Waals surface area contributed by atoms with E-state index in [1.807, 2.05) is 0 Å². The van der Waals surface area contributed by atoms with E-state index in [1.54, 1.807) is 0 Å². The predicted molar refractivity (Wildman–Crippen MR) is 20.1 cm³/mol. The van der Waals surface area contributed by atoms with Crippen LogP contribution in [0.1, 0.15) is 8.85 Å². The molecule has 6 heavy (non-hydrogen) atoms. The summed E-state index contributed by atoms with van der Waals surface area (Å²) < 4.78 is 23.2. The summed E-state index contributed by atoms with van der Waals surface area (Å²) in [6.45, 7) is 0. The van der Waals surface area contributed by atoms with Gasteiger partial charge in [0.15, 0.2) is 0 Å². The fourth-order valence-electron chi connectivity index (χ4n) is 0. The van der Waals surface area contributed by atoms with Crippen LogP contribution < -0.4 is 29.6 Å². The van der Waals surface area contributed by atoms with Gasteiger partial charge in [-0.15, -0.1) is 0 Å². The Morgan fingerprint density at radius 3 is 1.50 bits per heavy atom. The van der Waals surface area contributed by atoms with Crippen LogP contribution in [0.4, 0.5) is 0 Å². The van der Waals surface area contributed by atoms with E-state index >= 15 is 0 Å². The summed E-state index contributed by atoms with van der Waals surface area (Å²) in [4.78, 5) is 0. The summed E-state index contributed by atoms with van der Waals surface area (Å²) >= 11 is -3.58. The van der Waals surface area contributed by atoms with E-state index in [-0.39, 0.29) is 38.4 Å². The molecule has 0 saturated carbocycles. The summed E-state index contributed by atoms with van der Waals surface area (Å²) in [6, 6.07) is 0. The second kappa shape index (κ2) is 9.56. The molecule has 0 amide bonds. The van der Waals surface area contributed by atoms with Crippen LogP contribution in [0.3, 0.4) is 0 Å². The Labute approximate surface area is 65.3 Å². The van der Waals surface area contributed by atoms with Crippen molar-refractivity contribution >= 4 is 15.3 Å². The Hall–Kier alpha value is 1.28. The van der Waals surface area contributed by atoms with Crippen LogP contribution in [0.25, 0.3) is 0 Å². The van der Waals surface area contributed by atoms with Gasteiger partial charge in [-0.05, 0) is 0 Å². The van der Waals surface area contributed by atoms with Gasteiger partial charge in [0.2, 0.25) is 0 Å². The zero-order valence-corrected chi connectivity index (χ0v) is 6.90. The second-order valence-corrected chi connectivity index (χ2v) is 1.47. The molecular weight excluding hydrogens is 158 g/mol. The molecular formula is CH8AsNaO3. The van der Waals surface area contributed by atoms with Crippen LogP contribution in [0.2, 0.25) is 0 Å². The molecule has 0 radical (unpaired) electrons. The molecule has 0 aliphatic rings. The Balaban J connectivity index is -0.0000000150. The monoisotopic (exact) mass is 166 g/mol. The summed E-state index contributed by atoms with van der Waals surface area (Å²) in [5, 5.41) is 0. The van der Waals surface area contributed by atoms with Crippen LogP contribution in [-0.2, 0) is 3.74 Å². The van der Waals surface area contributed by atoms with Crippen LogP contribution in [0.15, 0.2) is 0 Å². The van der Waals surface area contributed by atoms with Gasteiger partial charge in [0.1, 0.15) is 0 Å². The second-order valence-electron chi connectivity index (χ2n) is 0.283. The van der Waals surface area contributed by atoms with Gasteiger partial charge in [-0.3, -0.25) is 0 Å². The minimum Gasteiger partial charge on any atom is -1.00 e. The summed E-state index contributed by atoms with van der Waals surface area (Å²) in [5.41, 5.74) is 0. The van der Waals surface area contributed by atoms with E-state index in [0.29, 0.717) is 0 Å². The number of rotatable bonds is 0. The maximum Gasteiger partial charge on any atom is 1.00 e. The SMILES string of the molecule is C.O=[AsH](O)O.[H-].[Na+]. The van der Waals surface area contributed by atoms with E-state index < -0.39 is 15.3 Å². The van der Waals surface area contributed by atoms with Crippen LogP contribution in [-0.4, -0.2) is 23.5 Å². The Bertz CT molecular complexity index is 37.9.